The summed E-state index contributed by atoms with van der Waals surface area (Å²) in [5.41, 5.74) is 2.54. The number of esters is 1. The van der Waals surface area contributed by atoms with E-state index in [1.807, 2.05) is 31.2 Å². The van der Waals surface area contributed by atoms with Gasteiger partial charge in [0.1, 0.15) is 5.39 Å². The van der Waals surface area contributed by atoms with Crippen LogP contribution in [0.3, 0.4) is 0 Å². The van der Waals surface area contributed by atoms with Gasteiger partial charge in [0.25, 0.3) is 5.56 Å². The maximum Gasteiger partial charge on any atom is 0.337 e. The summed E-state index contributed by atoms with van der Waals surface area (Å²) in [5.74, 6) is -0.131. The molecule has 2 aromatic heterocycles. The molecule has 4 aromatic rings. The number of furan rings is 1. The van der Waals surface area contributed by atoms with Crippen LogP contribution in [0.25, 0.3) is 22.2 Å². The van der Waals surface area contributed by atoms with Crippen molar-refractivity contribution >= 4 is 28.6 Å². The second kappa shape index (κ2) is 7.64. The number of carbonyl (C=O) groups is 1. The number of aryl methyl sites for hydroxylation is 2. The first kappa shape index (κ1) is 20.2. The summed E-state index contributed by atoms with van der Waals surface area (Å²) in [7, 11) is 4.29. The lowest BCUT2D eigenvalue weighted by atomic mass is 10.0. The smallest absolute Gasteiger partial charge is 0.337 e. The van der Waals surface area contributed by atoms with Gasteiger partial charge >= 0.3 is 11.7 Å². The van der Waals surface area contributed by atoms with Gasteiger partial charge in [0.15, 0.2) is 0 Å². The van der Waals surface area contributed by atoms with Crippen molar-refractivity contribution in [2.45, 2.75) is 6.92 Å². The third kappa shape index (κ3) is 3.31. The zero-order chi connectivity index (χ0) is 22.3. The van der Waals surface area contributed by atoms with Crippen LogP contribution >= 0.6 is 0 Å². The molecule has 2 aromatic carbocycles. The van der Waals surface area contributed by atoms with E-state index in [0.717, 1.165) is 15.8 Å². The lowest BCUT2D eigenvalue weighted by Gasteiger charge is -2.09. The van der Waals surface area contributed by atoms with Crippen LogP contribution in [0, 0.1) is 6.92 Å². The summed E-state index contributed by atoms with van der Waals surface area (Å²) in [5, 5.41) is 3.52. The highest BCUT2D eigenvalue weighted by atomic mass is 16.5. The van der Waals surface area contributed by atoms with Gasteiger partial charge in [0.2, 0.25) is 11.6 Å². The van der Waals surface area contributed by atoms with E-state index < -0.39 is 17.2 Å². The highest BCUT2D eigenvalue weighted by Crippen LogP contribution is 2.38. The lowest BCUT2D eigenvalue weighted by molar-refractivity contribution is 0.0601. The molecule has 2 heterocycles. The molecular weight excluding hydrogens is 398 g/mol. The van der Waals surface area contributed by atoms with Crippen molar-refractivity contribution in [3.63, 3.8) is 0 Å². The van der Waals surface area contributed by atoms with Crippen molar-refractivity contribution in [3.05, 3.63) is 80.5 Å². The number of methoxy groups -OCH3 is 1. The number of hydrogen-bond donors (Lipinski definition) is 1. The van der Waals surface area contributed by atoms with Gasteiger partial charge in [-0.25, -0.2) is 9.59 Å². The van der Waals surface area contributed by atoms with Crippen molar-refractivity contribution < 1.29 is 13.9 Å². The third-order valence-electron chi connectivity index (χ3n) is 5.27. The average Bonchev–Trinajstić information content (AvgIpc) is 3.16. The van der Waals surface area contributed by atoms with Crippen LogP contribution in [0.1, 0.15) is 15.9 Å². The third-order valence-corrected chi connectivity index (χ3v) is 5.27. The maximum absolute atomic E-state index is 13.0. The molecule has 158 valence electrons. The van der Waals surface area contributed by atoms with E-state index in [9.17, 15) is 14.4 Å². The van der Waals surface area contributed by atoms with Gasteiger partial charge in [-0.2, -0.15) is 0 Å². The number of hydrogen-bond acceptors (Lipinski definition) is 6. The normalized spacial score (nSPS) is 11.0. The Bertz CT molecular complexity index is 1420. The van der Waals surface area contributed by atoms with E-state index in [2.05, 4.69) is 5.32 Å². The molecule has 31 heavy (non-hydrogen) atoms. The second-order valence-corrected chi connectivity index (χ2v) is 7.20. The number of nitrogens with one attached hydrogen (secondary N) is 1. The predicted octanol–water partition coefficient (Wildman–Crippen LogP) is 3.34. The van der Waals surface area contributed by atoms with Crippen molar-refractivity contribution in [1.29, 1.82) is 0 Å². The number of ether oxygens (including phenoxy) is 1. The minimum Gasteiger partial charge on any atom is -0.465 e. The largest absolute Gasteiger partial charge is 0.465 e. The first-order valence-electron chi connectivity index (χ1n) is 9.57. The van der Waals surface area contributed by atoms with Crippen LogP contribution in [0.5, 0.6) is 0 Å². The molecule has 4 rings (SSSR count). The fraction of sp³-hybridized carbons (Fsp3) is 0.174. The number of carbonyl (C=O) groups excluding carboxylic acids is 1. The van der Waals surface area contributed by atoms with E-state index in [1.54, 1.807) is 31.3 Å². The van der Waals surface area contributed by atoms with Gasteiger partial charge in [-0.1, -0.05) is 30.3 Å². The molecule has 0 atom stereocenters. The van der Waals surface area contributed by atoms with Gasteiger partial charge in [-0.3, -0.25) is 13.9 Å². The number of anilines is 2. The monoisotopic (exact) mass is 419 g/mol. The molecular formula is C23H21N3O5. The molecule has 0 radical (unpaired) electrons. The molecule has 0 saturated heterocycles. The number of benzene rings is 2. The van der Waals surface area contributed by atoms with E-state index in [0.29, 0.717) is 22.6 Å². The molecule has 0 aliphatic carbocycles. The number of nitrogens with zero attached hydrogens (tertiary/aromatic N) is 2. The fourth-order valence-electron chi connectivity index (χ4n) is 3.51. The summed E-state index contributed by atoms with van der Waals surface area (Å²) in [6.45, 7) is 1.95. The number of aromatic nitrogens is 2. The van der Waals surface area contributed by atoms with Crippen LogP contribution in [0.15, 0.2) is 62.5 Å². The molecule has 0 bridgehead atoms. The Morgan fingerprint density at radius 2 is 1.68 bits per heavy atom. The summed E-state index contributed by atoms with van der Waals surface area (Å²) < 4.78 is 13.1. The first-order chi connectivity index (χ1) is 14.8. The molecule has 0 aliphatic heterocycles. The van der Waals surface area contributed by atoms with Gasteiger partial charge < -0.3 is 14.5 Å². The summed E-state index contributed by atoms with van der Waals surface area (Å²) in [6, 6.07) is 14.3. The molecule has 8 heteroatoms. The SMILES string of the molecule is COC(=O)c1ccc(-c2c(Nc3ccccc3C)oc3c2c(=O)n(C)c(=O)n3C)cc1. The van der Waals surface area contributed by atoms with Crippen molar-refractivity contribution in [3.8, 4) is 11.1 Å². The Kier molecular flexibility index (Phi) is 4.98. The van der Waals surface area contributed by atoms with E-state index in [-0.39, 0.29) is 11.1 Å². The van der Waals surface area contributed by atoms with Crippen LogP contribution in [0.2, 0.25) is 0 Å². The van der Waals surface area contributed by atoms with E-state index >= 15 is 0 Å². The summed E-state index contributed by atoms with van der Waals surface area (Å²) in [6.07, 6.45) is 0. The van der Waals surface area contributed by atoms with Crippen molar-refractivity contribution in [2.24, 2.45) is 14.1 Å². The van der Waals surface area contributed by atoms with Gasteiger partial charge in [-0.15, -0.1) is 0 Å². The lowest BCUT2D eigenvalue weighted by Crippen LogP contribution is -2.36. The van der Waals surface area contributed by atoms with Gasteiger partial charge in [0, 0.05) is 19.8 Å². The quantitative estimate of drug-likeness (QED) is 0.510. The molecule has 0 spiro atoms. The average molecular weight is 419 g/mol. The van der Waals surface area contributed by atoms with Crippen LogP contribution < -0.4 is 16.6 Å². The number of para-hydroxylation sites is 1. The molecule has 0 unspecified atom stereocenters. The summed E-state index contributed by atoms with van der Waals surface area (Å²) in [4.78, 5) is 37.3. The Morgan fingerprint density at radius 1 is 1.00 bits per heavy atom. The Labute approximate surface area is 177 Å². The zero-order valence-corrected chi connectivity index (χ0v) is 17.6. The number of rotatable bonds is 4. The van der Waals surface area contributed by atoms with Gasteiger partial charge in [-0.05, 0) is 36.2 Å². The topological polar surface area (TPSA) is 95.5 Å². The zero-order valence-electron chi connectivity index (χ0n) is 17.6. The molecule has 0 aliphatic rings. The molecule has 8 nitrogen and oxygen atoms in total. The first-order valence-corrected chi connectivity index (χ1v) is 9.57. The van der Waals surface area contributed by atoms with Crippen molar-refractivity contribution in [1.82, 2.24) is 9.13 Å². The Hall–Kier alpha value is -4.07. The van der Waals surface area contributed by atoms with Crippen LogP contribution in [-0.4, -0.2) is 22.2 Å². The maximum atomic E-state index is 13.0. The minimum absolute atomic E-state index is 0.163. The fourth-order valence-corrected chi connectivity index (χ4v) is 3.51. The van der Waals surface area contributed by atoms with Gasteiger partial charge in [0.05, 0.1) is 18.2 Å². The highest BCUT2D eigenvalue weighted by Gasteiger charge is 2.23. The molecule has 0 saturated carbocycles. The second-order valence-electron chi connectivity index (χ2n) is 7.20. The minimum atomic E-state index is -0.485. The Morgan fingerprint density at radius 3 is 2.32 bits per heavy atom. The Balaban J connectivity index is 2.01. The molecule has 0 fully saturated rings. The molecule has 0 amide bonds. The standard InChI is InChI=1S/C23H21N3O5/c1-13-7-5-6-8-16(13)24-19-17(14-9-11-15(12-10-14)22(28)30-4)18-20(27)25(2)23(29)26(3)21(18)31-19/h5-12,24H,1-4H3. The van der Waals surface area contributed by atoms with Crippen LogP contribution in [-0.2, 0) is 18.8 Å². The predicted molar refractivity (Wildman–Crippen MR) is 118 cm³/mol. The van der Waals surface area contributed by atoms with Crippen molar-refractivity contribution in [2.75, 3.05) is 12.4 Å². The van der Waals surface area contributed by atoms with E-state index in [1.165, 1.54) is 18.7 Å². The number of fused-ring (bicyclic) bond motifs is 1. The summed E-state index contributed by atoms with van der Waals surface area (Å²) >= 11 is 0. The molecule has 1 N–H and O–H groups in total. The van der Waals surface area contributed by atoms with Crippen LogP contribution in [0.4, 0.5) is 11.6 Å². The highest BCUT2D eigenvalue weighted by molar-refractivity contribution is 6.00. The van der Waals surface area contributed by atoms with E-state index in [4.69, 9.17) is 9.15 Å².